The zero-order chi connectivity index (χ0) is 13.0. The van der Waals surface area contributed by atoms with Crippen molar-refractivity contribution >= 4 is 11.3 Å². The Labute approximate surface area is 115 Å². The lowest BCUT2D eigenvalue weighted by atomic mass is 9.69. The molecule has 102 valence electrons. The summed E-state index contributed by atoms with van der Waals surface area (Å²) in [4.78, 5) is 4.32. The molecule has 1 aromatic rings. The lowest BCUT2D eigenvalue weighted by molar-refractivity contribution is 0.136. The summed E-state index contributed by atoms with van der Waals surface area (Å²) in [5.41, 5.74) is 3.63. The summed E-state index contributed by atoms with van der Waals surface area (Å²) >= 11 is 1.68. The Morgan fingerprint density at radius 1 is 1.33 bits per heavy atom. The van der Waals surface area contributed by atoms with Gasteiger partial charge in [-0.25, -0.2) is 4.98 Å². The van der Waals surface area contributed by atoms with E-state index in [1.54, 1.807) is 11.3 Å². The van der Waals surface area contributed by atoms with Crippen LogP contribution in [0.4, 0.5) is 0 Å². The van der Waals surface area contributed by atoms with Gasteiger partial charge in [-0.2, -0.15) is 0 Å². The summed E-state index contributed by atoms with van der Waals surface area (Å²) in [7, 11) is 0. The number of aromatic nitrogens is 1. The van der Waals surface area contributed by atoms with E-state index in [1.165, 1.54) is 37.8 Å². The van der Waals surface area contributed by atoms with E-state index in [-0.39, 0.29) is 0 Å². The average molecular weight is 266 g/mol. The van der Waals surface area contributed by atoms with Crippen LogP contribution in [0.1, 0.15) is 58.6 Å². The molecular formula is C15H26N2S. The van der Waals surface area contributed by atoms with Gasteiger partial charge < -0.3 is 5.32 Å². The van der Waals surface area contributed by atoms with Crippen LogP contribution in [0.5, 0.6) is 0 Å². The lowest BCUT2D eigenvalue weighted by Crippen LogP contribution is -2.36. The Hall–Kier alpha value is -0.410. The van der Waals surface area contributed by atoms with Crippen molar-refractivity contribution in [2.45, 2.75) is 65.5 Å². The molecule has 0 spiro atoms. The van der Waals surface area contributed by atoms with Gasteiger partial charge in [-0.1, -0.05) is 27.2 Å². The standard InChI is InChI=1S/C15H26N2S/c1-4-15(2,3)12-5-7-13(8-6-12)16-9-14-10-18-11-17-14/h10-13,16H,4-9H2,1-3H3. The zero-order valence-electron chi connectivity index (χ0n) is 11.9. The normalized spacial score (nSPS) is 25.3. The highest BCUT2D eigenvalue weighted by atomic mass is 32.1. The van der Waals surface area contributed by atoms with Gasteiger partial charge in [-0.05, 0) is 37.0 Å². The van der Waals surface area contributed by atoms with E-state index in [9.17, 15) is 0 Å². The van der Waals surface area contributed by atoms with E-state index in [2.05, 4.69) is 36.5 Å². The molecule has 3 heteroatoms. The van der Waals surface area contributed by atoms with Crippen LogP contribution in [0.15, 0.2) is 10.9 Å². The van der Waals surface area contributed by atoms with Crippen molar-refractivity contribution in [3.8, 4) is 0 Å². The Bertz CT molecular complexity index is 337. The minimum absolute atomic E-state index is 0.528. The van der Waals surface area contributed by atoms with Gasteiger partial charge in [-0.15, -0.1) is 11.3 Å². The number of nitrogens with zero attached hydrogens (tertiary/aromatic N) is 1. The maximum atomic E-state index is 4.32. The van der Waals surface area contributed by atoms with E-state index < -0.39 is 0 Å². The zero-order valence-corrected chi connectivity index (χ0v) is 12.7. The van der Waals surface area contributed by atoms with Crippen LogP contribution >= 0.6 is 11.3 Å². The minimum atomic E-state index is 0.528. The molecule has 0 aliphatic heterocycles. The first-order valence-corrected chi connectivity index (χ1v) is 8.16. The topological polar surface area (TPSA) is 24.9 Å². The first kappa shape index (κ1) is 14.0. The van der Waals surface area contributed by atoms with Crippen molar-refractivity contribution < 1.29 is 0 Å². The van der Waals surface area contributed by atoms with E-state index in [1.807, 2.05) is 5.51 Å². The second-order valence-electron chi connectivity index (χ2n) is 6.25. The molecule has 0 saturated heterocycles. The van der Waals surface area contributed by atoms with Gasteiger partial charge in [0.2, 0.25) is 0 Å². The third kappa shape index (κ3) is 3.55. The number of thiazole rings is 1. The maximum Gasteiger partial charge on any atom is 0.0795 e. The van der Waals surface area contributed by atoms with Gasteiger partial charge in [0.15, 0.2) is 0 Å². The van der Waals surface area contributed by atoms with Gasteiger partial charge in [0.1, 0.15) is 0 Å². The monoisotopic (exact) mass is 266 g/mol. The molecular weight excluding hydrogens is 240 g/mol. The van der Waals surface area contributed by atoms with Crippen LogP contribution < -0.4 is 5.32 Å². The fourth-order valence-electron chi connectivity index (χ4n) is 2.94. The first-order valence-electron chi connectivity index (χ1n) is 7.22. The van der Waals surface area contributed by atoms with E-state index in [4.69, 9.17) is 0 Å². The molecule has 1 aliphatic rings. The van der Waals surface area contributed by atoms with Gasteiger partial charge in [0.25, 0.3) is 0 Å². The molecule has 0 bridgehead atoms. The molecule has 1 aromatic heterocycles. The van der Waals surface area contributed by atoms with E-state index >= 15 is 0 Å². The van der Waals surface area contributed by atoms with Crippen LogP contribution in [0.25, 0.3) is 0 Å². The van der Waals surface area contributed by atoms with Crippen molar-refractivity contribution in [3.05, 3.63) is 16.6 Å². The highest BCUT2D eigenvalue weighted by Gasteiger charge is 2.31. The maximum absolute atomic E-state index is 4.32. The Morgan fingerprint density at radius 3 is 2.61 bits per heavy atom. The SMILES string of the molecule is CCC(C)(C)C1CCC(NCc2cscn2)CC1. The molecule has 0 atom stereocenters. The van der Waals surface area contributed by atoms with Crippen molar-refractivity contribution in [3.63, 3.8) is 0 Å². The molecule has 1 heterocycles. The summed E-state index contributed by atoms with van der Waals surface area (Å²) in [5.74, 6) is 0.917. The fourth-order valence-corrected chi connectivity index (χ4v) is 3.50. The summed E-state index contributed by atoms with van der Waals surface area (Å²) in [6, 6.07) is 0.704. The smallest absolute Gasteiger partial charge is 0.0795 e. The number of rotatable bonds is 5. The highest BCUT2D eigenvalue weighted by molar-refractivity contribution is 7.07. The summed E-state index contributed by atoms with van der Waals surface area (Å²) < 4.78 is 0. The third-order valence-corrected chi connectivity index (χ3v) is 5.43. The molecule has 1 aliphatic carbocycles. The second-order valence-corrected chi connectivity index (χ2v) is 6.97. The van der Waals surface area contributed by atoms with Crippen LogP contribution in [-0.4, -0.2) is 11.0 Å². The van der Waals surface area contributed by atoms with Crippen molar-refractivity contribution in [2.75, 3.05) is 0 Å². The van der Waals surface area contributed by atoms with Gasteiger partial charge in [0, 0.05) is 18.0 Å². The average Bonchev–Trinajstić information content (AvgIpc) is 2.90. The summed E-state index contributed by atoms with van der Waals surface area (Å²) in [6.07, 6.45) is 6.73. The predicted molar refractivity (Wildman–Crippen MR) is 78.8 cm³/mol. The predicted octanol–water partition coefficient (Wildman–Crippen LogP) is 4.23. The van der Waals surface area contributed by atoms with Crippen LogP contribution in [0.3, 0.4) is 0 Å². The van der Waals surface area contributed by atoms with Crippen molar-refractivity contribution in [1.29, 1.82) is 0 Å². The Morgan fingerprint density at radius 2 is 2.06 bits per heavy atom. The van der Waals surface area contributed by atoms with E-state index in [0.717, 1.165) is 12.5 Å². The molecule has 1 fully saturated rings. The molecule has 18 heavy (non-hydrogen) atoms. The molecule has 0 radical (unpaired) electrons. The fraction of sp³-hybridized carbons (Fsp3) is 0.800. The quantitative estimate of drug-likeness (QED) is 0.862. The Balaban J connectivity index is 1.73. The number of nitrogens with one attached hydrogen (secondary N) is 1. The molecule has 0 aromatic carbocycles. The minimum Gasteiger partial charge on any atom is -0.308 e. The summed E-state index contributed by atoms with van der Waals surface area (Å²) in [5, 5.41) is 5.80. The molecule has 2 rings (SSSR count). The molecule has 0 amide bonds. The largest absolute Gasteiger partial charge is 0.308 e. The highest BCUT2D eigenvalue weighted by Crippen LogP contribution is 2.40. The Kier molecular flexibility index (Phi) is 4.79. The first-order chi connectivity index (χ1) is 8.62. The van der Waals surface area contributed by atoms with Crippen molar-refractivity contribution in [2.24, 2.45) is 11.3 Å². The van der Waals surface area contributed by atoms with Gasteiger partial charge >= 0.3 is 0 Å². The van der Waals surface area contributed by atoms with Crippen LogP contribution in [-0.2, 0) is 6.54 Å². The lowest BCUT2D eigenvalue weighted by Gasteiger charge is -2.39. The van der Waals surface area contributed by atoms with Crippen molar-refractivity contribution in [1.82, 2.24) is 10.3 Å². The van der Waals surface area contributed by atoms with Crippen LogP contribution in [0, 0.1) is 11.3 Å². The molecule has 1 N–H and O–H groups in total. The van der Waals surface area contributed by atoms with Crippen LogP contribution in [0.2, 0.25) is 0 Å². The van der Waals surface area contributed by atoms with Gasteiger partial charge in [0.05, 0.1) is 11.2 Å². The third-order valence-electron chi connectivity index (χ3n) is 4.80. The second kappa shape index (κ2) is 6.16. The van der Waals surface area contributed by atoms with Gasteiger partial charge in [-0.3, -0.25) is 0 Å². The summed E-state index contributed by atoms with van der Waals surface area (Å²) in [6.45, 7) is 8.13. The number of hydrogen-bond acceptors (Lipinski definition) is 3. The molecule has 1 saturated carbocycles. The number of hydrogen-bond donors (Lipinski definition) is 1. The van der Waals surface area contributed by atoms with E-state index in [0.29, 0.717) is 11.5 Å². The molecule has 0 unspecified atom stereocenters. The molecule has 2 nitrogen and oxygen atoms in total.